The largest absolute Gasteiger partial charge is 1.00 e. The predicted octanol–water partition coefficient (Wildman–Crippen LogP) is 7.96. The molecule has 0 radical (unpaired) electrons. The van der Waals surface area contributed by atoms with Crippen molar-refractivity contribution in [3.05, 3.63) is 18.7 Å². The van der Waals surface area contributed by atoms with Crippen molar-refractivity contribution in [1.29, 1.82) is 0 Å². The van der Waals surface area contributed by atoms with Gasteiger partial charge in [-0.2, -0.15) is 0 Å². The number of halogens is 1. The van der Waals surface area contributed by atoms with Crippen LogP contribution in [0.4, 0.5) is 0 Å². The van der Waals surface area contributed by atoms with Gasteiger partial charge in [0.1, 0.15) is 12.4 Å². The maximum absolute atomic E-state index is 2.40. The summed E-state index contributed by atoms with van der Waals surface area (Å²) < 4.78 is 4.81. The quantitative estimate of drug-likeness (QED) is 0.0715. The molecule has 0 aliphatic rings. The molecule has 0 atom stereocenters. The molecule has 0 N–H and O–H groups in total. The van der Waals surface area contributed by atoms with Crippen LogP contribution in [0, 0.1) is 0 Å². The number of hydrogen-bond donors (Lipinski definition) is 0. The van der Waals surface area contributed by atoms with Gasteiger partial charge in [0.25, 0.3) is 0 Å². The van der Waals surface area contributed by atoms with Crippen molar-refractivity contribution in [2.45, 2.75) is 194 Å². The number of nitrogens with zero attached hydrogens (tertiary/aromatic N) is 2. The van der Waals surface area contributed by atoms with E-state index in [-0.39, 0.29) is 17.0 Å². The first kappa shape index (κ1) is 35.7. The molecule has 0 aliphatic carbocycles. The molecule has 2 nitrogen and oxygen atoms in total. The minimum Gasteiger partial charge on any atom is -1.00 e. The Morgan fingerprint density at radius 1 is 0.444 bits per heavy atom. The van der Waals surface area contributed by atoms with Gasteiger partial charge in [-0.05, 0) is 25.7 Å². The lowest BCUT2D eigenvalue weighted by atomic mass is 10.0. The molecule has 0 aromatic carbocycles. The first-order chi connectivity index (χ1) is 17.4. The summed E-state index contributed by atoms with van der Waals surface area (Å²) in [6, 6.07) is 0. The molecule has 0 aliphatic heterocycles. The van der Waals surface area contributed by atoms with Crippen molar-refractivity contribution in [3.63, 3.8) is 0 Å². The highest BCUT2D eigenvalue weighted by Crippen LogP contribution is 2.14. The highest BCUT2D eigenvalue weighted by Gasteiger charge is 2.03. The van der Waals surface area contributed by atoms with Crippen LogP contribution in [0.25, 0.3) is 0 Å². The highest BCUT2D eigenvalue weighted by atomic mass is 79.9. The number of imidazole rings is 1. The van der Waals surface area contributed by atoms with Crippen LogP contribution in [0.2, 0.25) is 0 Å². The van der Waals surface area contributed by atoms with Gasteiger partial charge in [0, 0.05) is 0 Å². The third-order valence-corrected chi connectivity index (χ3v) is 7.79. The Labute approximate surface area is 238 Å². The van der Waals surface area contributed by atoms with E-state index in [4.69, 9.17) is 0 Å². The van der Waals surface area contributed by atoms with Crippen LogP contribution in [-0.2, 0) is 13.1 Å². The summed E-state index contributed by atoms with van der Waals surface area (Å²) >= 11 is 0. The molecule has 1 heterocycles. The van der Waals surface area contributed by atoms with Crippen molar-refractivity contribution >= 4 is 0 Å². The number of hydrogen-bond acceptors (Lipinski definition) is 0. The van der Waals surface area contributed by atoms with Gasteiger partial charge in [0.15, 0.2) is 0 Å². The molecular formula is C33H65BrN2. The average Bonchev–Trinajstić information content (AvgIpc) is 3.32. The summed E-state index contributed by atoms with van der Waals surface area (Å²) in [7, 11) is 0. The zero-order valence-corrected chi connectivity index (χ0v) is 26.4. The Morgan fingerprint density at radius 2 is 0.778 bits per heavy atom. The van der Waals surface area contributed by atoms with Crippen LogP contribution in [0.3, 0.4) is 0 Å². The fraction of sp³-hybridized carbons (Fsp3) is 0.909. The lowest BCUT2D eigenvalue weighted by Gasteiger charge is -2.03. The van der Waals surface area contributed by atoms with E-state index >= 15 is 0 Å². The van der Waals surface area contributed by atoms with Crippen molar-refractivity contribution in [2.24, 2.45) is 0 Å². The summed E-state index contributed by atoms with van der Waals surface area (Å²) in [4.78, 5) is 0. The van der Waals surface area contributed by atoms with Crippen LogP contribution < -0.4 is 21.5 Å². The Kier molecular flexibility index (Phi) is 29.0. The Hall–Kier alpha value is -0.310. The van der Waals surface area contributed by atoms with Gasteiger partial charge < -0.3 is 17.0 Å². The lowest BCUT2D eigenvalue weighted by molar-refractivity contribution is -0.696. The minimum atomic E-state index is 0. The van der Waals surface area contributed by atoms with Gasteiger partial charge in [0.05, 0.1) is 13.1 Å². The Bertz CT molecular complexity index is 483. The van der Waals surface area contributed by atoms with E-state index in [1.165, 1.54) is 180 Å². The fourth-order valence-corrected chi connectivity index (χ4v) is 5.33. The van der Waals surface area contributed by atoms with Crippen molar-refractivity contribution in [1.82, 2.24) is 4.57 Å². The van der Waals surface area contributed by atoms with Gasteiger partial charge in [-0.1, -0.05) is 155 Å². The molecule has 0 fully saturated rings. The second kappa shape index (κ2) is 29.2. The SMILES string of the molecule is CCCCCCCCCCCCCCCn1cc[n+](CCCCCCCCCCCCCCC)c1.[Br-]. The number of aromatic nitrogens is 2. The third-order valence-electron chi connectivity index (χ3n) is 7.79. The molecule has 0 spiro atoms. The number of unbranched alkanes of at least 4 members (excludes halogenated alkanes) is 24. The molecule has 3 heteroatoms. The minimum absolute atomic E-state index is 0. The predicted molar refractivity (Wildman–Crippen MR) is 156 cm³/mol. The molecule has 214 valence electrons. The molecular weight excluding hydrogens is 504 g/mol. The summed E-state index contributed by atoms with van der Waals surface area (Å²) in [5.74, 6) is 0. The molecule has 0 amide bonds. The number of rotatable bonds is 28. The second-order valence-corrected chi connectivity index (χ2v) is 11.4. The molecule has 0 saturated heterocycles. The van der Waals surface area contributed by atoms with E-state index in [0.717, 1.165) is 0 Å². The normalized spacial score (nSPS) is 11.2. The average molecular weight is 570 g/mol. The summed E-state index contributed by atoms with van der Waals surface area (Å²) in [5, 5.41) is 0. The molecule has 0 saturated carbocycles. The van der Waals surface area contributed by atoms with Gasteiger partial charge in [0.2, 0.25) is 6.33 Å². The van der Waals surface area contributed by atoms with Crippen LogP contribution in [-0.4, -0.2) is 4.57 Å². The lowest BCUT2D eigenvalue weighted by Crippen LogP contribution is -3.00. The summed E-state index contributed by atoms with van der Waals surface area (Å²) in [5.41, 5.74) is 0. The molecule has 0 unspecified atom stereocenters. The fourth-order valence-electron chi connectivity index (χ4n) is 5.33. The highest BCUT2D eigenvalue weighted by molar-refractivity contribution is 4.66. The molecule has 1 rings (SSSR count). The molecule has 0 bridgehead atoms. The Balaban J connectivity index is 0.0000122. The zero-order valence-electron chi connectivity index (χ0n) is 24.8. The van der Waals surface area contributed by atoms with Crippen molar-refractivity contribution in [3.8, 4) is 0 Å². The second-order valence-electron chi connectivity index (χ2n) is 11.4. The first-order valence-corrected chi connectivity index (χ1v) is 16.4. The van der Waals surface area contributed by atoms with E-state index in [1.54, 1.807) is 0 Å². The summed E-state index contributed by atoms with van der Waals surface area (Å²) in [6.45, 7) is 7.00. The monoisotopic (exact) mass is 568 g/mol. The molecule has 36 heavy (non-hydrogen) atoms. The van der Waals surface area contributed by atoms with E-state index < -0.39 is 0 Å². The standard InChI is InChI=1S/C33H65N2.BrH/c1-3-5-7-9-11-13-15-17-19-21-23-25-27-29-34-31-32-35(33-34)30-28-26-24-22-20-18-16-14-12-10-8-6-4-2;/h31-33H,3-30H2,1-2H3;1H/q+1;/p-1. The zero-order chi connectivity index (χ0) is 25.1. The third kappa shape index (κ3) is 24.1. The van der Waals surface area contributed by atoms with Gasteiger partial charge in [-0.15, -0.1) is 0 Å². The van der Waals surface area contributed by atoms with Crippen LogP contribution in [0.5, 0.6) is 0 Å². The van der Waals surface area contributed by atoms with Crippen LogP contribution >= 0.6 is 0 Å². The van der Waals surface area contributed by atoms with Crippen LogP contribution in [0.15, 0.2) is 18.7 Å². The smallest absolute Gasteiger partial charge is 0.243 e. The maximum atomic E-state index is 2.40. The maximum Gasteiger partial charge on any atom is 0.243 e. The number of aryl methyl sites for hydroxylation is 2. The van der Waals surface area contributed by atoms with Gasteiger partial charge >= 0.3 is 0 Å². The van der Waals surface area contributed by atoms with E-state index in [9.17, 15) is 0 Å². The van der Waals surface area contributed by atoms with Crippen molar-refractivity contribution < 1.29 is 21.5 Å². The van der Waals surface area contributed by atoms with E-state index in [2.05, 4.69) is 41.7 Å². The molecule has 1 aromatic rings. The van der Waals surface area contributed by atoms with Gasteiger partial charge in [-0.3, -0.25) is 0 Å². The Morgan fingerprint density at radius 3 is 1.17 bits per heavy atom. The molecule has 1 aromatic heterocycles. The van der Waals surface area contributed by atoms with E-state index in [1.807, 2.05) is 0 Å². The topological polar surface area (TPSA) is 8.81 Å². The summed E-state index contributed by atoms with van der Waals surface area (Å²) in [6.07, 6.45) is 44.2. The van der Waals surface area contributed by atoms with Crippen molar-refractivity contribution in [2.75, 3.05) is 0 Å². The van der Waals surface area contributed by atoms with Crippen LogP contribution in [0.1, 0.15) is 181 Å². The van der Waals surface area contributed by atoms with E-state index in [0.29, 0.717) is 0 Å². The van der Waals surface area contributed by atoms with Gasteiger partial charge in [-0.25, -0.2) is 9.13 Å². The first-order valence-electron chi connectivity index (χ1n) is 16.4.